The summed E-state index contributed by atoms with van der Waals surface area (Å²) in [6, 6.07) is 9.39. The third-order valence-corrected chi connectivity index (χ3v) is 2.32. The molecule has 1 aromatic heterocycles. The maximum atomic E-state index is 11.4. The molecular formula is C13H14N2O4. The number of hydrogen-bond donors (Lipinski definition) is 1. The number of benzene rings is 1. The van der Waals surface area contributed by atoms with Gasteiger partial charge in [-0.05, 0) is 12.1 Å². The summed E-state index contributed by atoms with van der Waals surface area (Å²) in [6.07, 6.45) is 1.26. The highest BCUT2D eigenvalue weighted by atomic mass is 16.5. The molecule has 0 saturated heterocycles. The Labute approximate surface area is 110 Å². The van der Waals surface area contributed by atoms with Gasteiger partial charge in [-0.2, -0.15) is 0 Å². The van der Waals surface area contributed by atoms with Gasteiger partial charge in [0.25, 0.3) is 11.4 Å². The summed E-state index contributed by atoms with van der Waals surface area (Å²) in [7, 11) is 1.39. The molecular weight excluding hydrogens is 248 g/mol. The van der Waals surface area contributed by atoms with Gasteiger partial charge in [-0.3, -0.25) is 4.79 Å². The van der Waals surface area contributed by atoms with E-state index in [1.165, 1.54) is 13.4 Å². The zero-order valence-corrected chi connectivity index (χ0v) is 10.5. The first-order valence-corrected chi connectivity index (χ1v) is 5.73. The van der Waals surface area contributed by atoms with Gasteiger partial charge in [-0.1, -0.05) is 18.2 Å². The minimum atomic E-state index is -0.378. The molecule has 0 radical (unpaired) electrons. The van der Waals surface area contributed by atoms with E-state index in [-0.39, 0.29) is 23.8 Å². The number of rotatable bonds is 6. The quantitative estimate of drug-likeness (QED) is 0.793. The predicted octanol–water partition coefficient (Wildman–Crippen LogP) is 1.24. The van der Waals surface area contributed by atoms with E-state index in [4.69, 9.17) is 14.2 Å². The van der Waals surface area contributed by atoms with Crippen LogP contribution in [-0.2, 0) is 0 Å². The number of nitrogens with one attached hydrogen (secondary N) is 1. The Morgan fingerprint density at radius 3 is 2.63 bits per heavy atom. The fraction of sp³-hybridized carbons (Fsp3) is 0.231. The third kappa shape index (κ3) is 3.48. The average Bonchev–Trinajstić information content (AvgIpc) is 2.45. The molecule has 0 spiro atoms. The van der Waals surface area contributed by atoms with Crippen molar-refractivity contribution in [3.63, 3.8) is 0 Å². The minimum absolute atomic E-state index is 0.0576. The molecule has 0 aliphatic carbocycles. The molecule has 6 nitrogen and oxygen atoms in total. The smallest absolute Gasteiger partial charge is 0.297 e. The number of aromatic nitrogens is 2. The van der Waals surface area contributed by atoms with Gasteiger partial charge < -0.3 is 19.2 Å². The molecule has 0 unspecified atom stereocenters. The van der Waals surface area contributed by atoms with Crippen LogP contribution in [0.15, 0.2) is 41.5 Å². The summed E-state index contributed by atoms with van der Waals surface area (Å²) >= 11 is 0. The first-order chi connectivity index (χ1) is 9.31. The normalized spacial score (nSPS) is 9.95. The maximum Gasteiger partial charge on any atom is 0.297 e. The summed E-state index contributed by atoms with van der Waals surface area (Å²) < 4.78 is 15.7. The van der Waals surface area contributed by atoms with Crippen LogP contribution in [0.5, 0.6) is 17.4 Å². The van der Waals surface area contributed by atoms with E-state index in [0.717, 1.165) is 5.75 Å². The molecule has 0 saturated carbocycles. The van der Waals surface area contributed by atoms with E-state index in [0.29, 0.717) is 6.61 Å². The van der Waals surface area contributed by atoms with Gasteiger partial charge in [0.05, 0.1) is 13.4 Å². The fourth-order valence-electron chi connectivity index (χ4n) is 1.47. The molecule has 2 rings (SSSR count). The van der Waals surface area contributed by atoms with Gasteiger partial charge >= 0.3 is 0 Å². The minimum Gasteiger partial charge on any atom is -0.490 e. The molecule has 0 bridgehead atoms. The van der Waals surface area contributed by atoms with Crippen molar-refractivity contribution in [1.29, 1.82) is 0 Å². The molecule has 100 valence electrons. The largest absolute Gasteiger partial charge is 0.490 e. The lowest BCUT2D eigenvalue weighted by Gasteiger charge is -2.09. The van der Waals surface area contributed by atoms with E-state index in [2.05, 4.69) is 9.97 Å². The van der Waals surface area contributed by atoms with E-state index in [1.807, 2.05) is 30.3 Å². The standard InChI is InChI=1S/C13H14N2O4/c1-17-11-12(16)14-9-15-13(11)19-8-7-18-10-5-3-2-4-6-10/h2-6,9H,7-8H2,1H3,(H,14,15,16). The monoisotopic (exact) mass is 262 g/mol. The molecule has 0 aliphatic rings. The number of para-hydroxylation sites is 1. The zero-order valence-electron chi connectivity index (χ0n) is 10.5. The third-order valence-electron chi connectivity index (χ3n) is 2.32. The molecule has 0 aliphatic heterocycles. The molecule has 0 atom stereocenters. The number of H-pyrrole nitrogens is 1. The van der Waals surface area contributed by atoms with Crippen molar-refractivity contribution in [3.05, 3.63) is 47.0 Å². The van der Waals surface area contributed by atoms with Crippen LogP contribution in [0.2, 0.25) is 0 Å². The molecule has 6 heteroatoms. The van der Waals surface area contributed by atoms with Crippen molar-refractivity contribution in [2.24, 2.45) is 0 Å². The molecule has 0 fully saturated rings. The lowest BCUT2D eigenvalue weighted by molar-refractivity contribution is 0.204. The van der Waals surface area contributed by atoms with Crippen molar-refractivity contribution >= 4 is 0 Å². The molecule has 1 heterocycles. The second-order valence-electron chi connectivity index (χ2n) is 3.58. The first kappa shape index (κ1) is 12.9. The van der Waals surface area contributed by atoms with Crippen molar-refractivity contribution in [2.75, 3.05) is 20.3 Å². The summed E-state index contributed by atoms with van der Waals surface area (Å²) in [5, 5.41) is 0. The number of aromatic amines is 1. The van der Waals surface area contributed by atoms with Crippen molar-refractivity contribution in [2.45, 2.75) is 0 Å². The number of nitrogens with zero attached hydrogens (tertiary/aromatic N) is 1. The lowest BCUT2D eigenvalue weighted by atomic mass is 10.3. The molecule has 1 N–H and O–H groups in total. The summed E-state index contributed by atoms with van der Waals surface area (Å²) in [5.41, 5.74) is -0.378. The highest BCUT2D eigenvalue weighted by Crippen LogP contribution is 2.17. The number of hydrogen-bond acceptors (Lipinski definition) is 5. The Kier molecular flexibility index (Phi) is 4.39. The van der Waals surface area contributed by atoms with Crippen LogP contribution in [0.3, 0.4) is 0 Å². The fourth-order valence-corrected chi connectivity index (χ4v) is 1.47. The van der Waals surface area contributed by atoms with Crippen molar-refractivity contribution < 1.29 is 14.2 Å². The van der Waals surface area contributed by atoms with E-state index in [1.54, 1.807) is 0 Å². The Balaban J connectivity index is 1.86. The lowest BCUT2D eigenvalue weighted by Crippen LogP contribution is -2.15. The van der Waals surface area contributed by atoms with Crippen LogP contribution in [-0.4, -0.2) is 30.3 Å². The van der Waals surface area contributed by atoms with Gasteiger partial charge in [-0.15, -0.1) is 0 Å². The second kappa shape index (κ2) is 6.44. The van der Waals surface area contributed by atoms with E-state index >= 15 is 0 Å². The molecule has 1 aromatic carbocycles. The summed E-state index contributed by atoms with van der Waals surface area (Å²) in [4.78, 5) is 17.7. The summed E-state index contributed by atoms with van der Waals surface area (Å²) in [6.45, 7) is 0.614. The highest BCUT2D eigenvalue weighted by molar-refractivity contribution is 5.29. The predicted molar refractivity (Wildman–Crippen MR) is 68.8 cm³/mol. The first-order valence-electron chi connectivity index (χ1n) is 5.73. The number of methoxy groups -OCH3 is 1. The molecule has 19 heavy (non-hydrogen) atoms. The second-order valence-corrected chi connectivity index (χ2v) is 3.58. The Bertz CT molecular complexity index is 568. The van der Waals surface area contributed by atoms with Gasteiger partial charge in [0.2, 0.25) is 5.75 Å². The topological polar surface area (TPSA) is 73.4 Å². The maximum absolute atomic E-state index is 11.4. The molecule has 2 aromatic rings. The zero-order chi connectivity index (χ0) is 13.5. The molecule has 0 amide bonds. The summed E-state index contributed by atoms with van der Waals surface area (Å²) in [5.74, 6) is 0.974. The highest BCUT2D eigenvalue weighted by Gasteiger charge is 2.09. The van der Waals surface area contributed by atoms with Crippen LogP contribution >= 0.6 is 0 Å². The van der Waals surface area contributed by atoms with Gasteiger partial charge in [0.15, 0.2) is 0 Å². The van der Waals surface area contributed by atoms with Gasteiger partial charge in [-0.25, -0.2) is 4.98 Å². The van der Waals surface area contributed by atoms with Crippen molar-refractivity contribution in [3.8, 4) is 17.4 Å². The van der Waals surface area contributed by atoms with E-state index < -0.39 is 0 Å². The SMILES string of the molecule is COc1c(OCCOc2ccccc2)nc[nH]c1=O. The van der Waals surface area contributed by atoms with Crippen LogP contribution in [0, 0.1) is 0 Å². The number of ether oxygens (including phenoxy) is 3. The van der Waals surface area contributed by atoms with Crippen LogP contribution in [0.4, 0.5) is 0 Å². The van der Waals surface area contributed by atoms with E-state index in [9.17, 15) is 4.79 Å². The Morgan fingerprint density at radius 1 is 1.16 bits per heavy atom. The van der Waals surface area contributed by atoms with Gasteiger partial charge in [0, 0.05) is 0 Å². The van der Waals surface area contributed by atoms with Gasteiger partial charge in [0.1, 0.15) is 19.0 Å². The Morgan fingerprint density at radius 2 is 1.89 bits per heavy atom. The van der Waals surface area contributed by atoms with Crippen LogP contribution in [0.1, 0.15) is 0 Å². The average molecular weight is 262 g/mol. The van der Waals surface area contributed by atoms with Crippen LogP contribution < -0.4 is 19.8 Å². The van der Waals surface area contributed by atoms with Crippen molar-refractivity contribution in [1.82, 2.24) is 9.97 Å². The van der Waals surface area contributed by atoms with Crippen LogP contribution in [0.25, 0.3) is 0 Å². The Hall–Kier alpha value is -2.50.